The average molecular weight is 465 g/mol. The number of aliphatic hydroxyl groups excluding tert-OH is 4. The van der Waals surface area contributed by atoms with Gasteiger partial charge in [-0.3, -0.25) is 5.32 Å². The third-order valence-corrected chi connectivity index (χ3v) is 8.14. The number of H-pyrrole nitrogens is 1. The van der Waals surface area contributed by atoms with Crippen molar-refractivity contribution in [3.05, 3.63) is 92.7 Å². The number of aliphatic hydroxyl groups is 4. The molecule has 32 heavy (non-hydrogen) atoms. The molecule has 2 unspecified atom stereocenters. The number of hydrogen-bond acceptors (Lipinski definition) is 9. The standard InChI is InChI=1S/C22H16N4O4S2/c27-18-16-12-4-3-10(24-12)7-9-1-2-11(23-9)8-15-26-22(32-31-15)17(14-6-5-13(16)25-14)19(28)21(30)20(18)29/h1-8,15,22-23,26-30H. The van der Waals surface area contributed by atoms with Crippen LogP contribution in [0.4, 0.5) is 0 Å². The van der Waals surface area contributed by atoms with Gasteiger partial charge in [0.15, 0.2) is 11.5 Å². The maximum atomic E-state index is 10.9. The first-order valence-corrected chi connectivity index (χ1v) is 12.0. The molecule has 6 heterocycles. The summed E-state index contributed by atoms with van der Waals surface area (Å²) in [4.78, 5) is 12.5. The summed E-state index contributed by atoms with van der Waals surface area (Å²) in [6, 6.07) is 3.92. The zero-order valence-electron chi connectivity index (χ0n) is 16.3. The predicted octanol–water partition coefficient (Wildman–Crippen LogP) is 2.42. The summed E-state index contributed by atoms with van der Waals surface area (Å²) in [6.07, 6.45) is 10.8. The largest absolute Gasteiger partial charge is 0.504 e. The monoisotopic (exact) mass is 464 g/mol. The highest BCUT2D eigenvalue weighted by Gasteiger charge is 2.36. The van der Waals surface area contributed by atoms with E-state index < -0.39 is 28.4 Å². The van der Waals surface area contributed by atoms with E-state index in [1.807, 2.05) is 24.3 Å². The number of hydrogen-bond donors (Lipinski definition) is 6. The van der Waals surface area contributed by atoms with E-state index in [0.29, 0.717) is 28.4 Å². The van der Waals surface area contributed by atoms with Crippen molar-refractivity contribution in [1.29, 1.82) is 0 Å². The minimum atomic E-state index is -0.843. The van der Waals surface area contributed by atoms with Gasteiger partial charge in [-0.2, -0.15) is 0 Å². The second kappa shape index (κ2) is 7.09. The Labute approximate surface area is 189 Å². The Balaban J connectivity index is 1.70. The highest BCUT2D eigenvalue weighted by Crippen LogP contribution is 2.44. The van der Waals surface area contributed by atoms with Gasteiger partial charge in [0.2, 0.25) is 11.5 Å². The second-order valence-corrected chi connectivity index (χ2v) is 10.0. The Morgan fingerprint density at radius 1 is 0.781 bits per heavy atom. The van der Waals surface area contributed by atoms with E-state index in [1.54, 1.807) is 35.1 Å². The summed E-state index contributed by atoms with van der Waals surface area (Å²) in [6.45, 7) is 0. The average Bonchev–Trinajstić information content (AvgIpc) is 3.57. The molecule has 8 nitrogen and oxygen atoms in total. The van der Waals surface area contributed by atoms with Crippen molar-refractivity contribution >= 4 is 45.2 Å². The molecule has 2 atom stereocenters. The van der Waals surface area contributed by atoms with Crippen LogP contribution in [0.5, 0.6) is 0 Å². The van der Waals surface area contributed by atoms with Crippen molar-refractivity contribution in [2.24, 2.45) is 9.98 Å². The van der Waals surface area contributed by atoms with E-state index in [2.05, 4.69) is 20.3 Å². The SMILES string of the molecule is OC1=C(O)C2=C3C=CC(=N3)C=c3ccc([nH]3)=CC3NC(SS3)C(=C3C=CC2=N3)C(O)=C1O. The van der Waals surface area contributed by atoms with Gasteiger partial charge < -0.3 is 25.4 Å². The molecule has 5 aliphatic heterocycles. The first-order valence-electron chi connectivity index (χ1n) is 9.72. The van der Waals surface area contributed by atoms with E-state index in [1.165, 1.54) is 10.8 Å². The zero-order chi connectivity index (χ0) is 22.0. The summed E-state index contributed by atoms with van der Waals surface area (Å²) in [7, 11) is 3.03. The molecule has 1 saturated heterocycles. The van der Waals surface area contributed by atoms with E-state index in [0.717, 1.165) is 10.7 Å². The van der Waals surface area contributed by atoms with Crippen LogP contribution in [0.1, 0.15) is 0 Å². The van der Waals surface area contributed by atoms with E-state index in [-0.39, 0.29) is 10.9 Å². The number of aliphatic imine (C=N–C) groups is 2. The predicted molar refractivity (Wildman–Crippen MR) is 127 cm³/mol. The molecule has 5 aliphatic rings. The number of nitrogens with zero attached hydrogens (tertiary/aromatic N) is 2. The number of aromatic nitrogens is 1. The molecule has 10 bridgehead atoms. The van der Waals surface area contributed by atoms with Crippen LogP contribution in [0, 0.1) is 0 Å². The molecule has 6 rings (SSSR count). The Bertz CT molecular complexity index is 1450. The van der Waals surface area contributed by atoms with Crippen molar-refractivity contribution in [1.82, 2.24) is 10.3 Å². The van der Waals surface area contributed by atoms with Gasteiger partial charge in [-0.15, -0.1) is 0 Å². The van der Waals surface area contributed by atoms with E-state index in [9.17, 15) is 20.4 Å². The highest BCUT2D eigenvalue weighted by molar-refractivity contribution is 8.77. The molecule has 0 aliphatic carbocycles. The van der Waals surface area contributed by atoms with Gasteiger partial charge in [0.05, 0.1) is 44.7 Å². The smallest absolute Gasteiger partial charge is 0.205 e. The van der Waals surface area contributed by atoms with Gasteiger partial charge in [0, 0.05) is 10.7 Å². The number of nitrogens with one attached hydrogen (secondary N) is 2. The van der Waals surface area contributed by atoms with Gasteiger partial charge >= 0.3 is 0 Å². The van der Waals surface area contributed by atoms with Gasteiger partial charge in [-0.1, -0.05) is 21.6 Å². The third kappa shape index (κ3) is 2.99. The third-order valence-electron chi connectivity index (χ3n) is 5.45. The van der Waals surface area contributed by atoms with E-state index >= 15 is 0 Å². The maximum absolute atomic E-state index is 10.9. The summed E-state index contributed by atoms with van der Waals surface area (Å²) >= 11 is 0. The molecule has 1 aromatic heterocycles. The minimum absolute atomic E-state index is 0.0859. The van der Waals surface area contributed by atoms with Crippen LogP contribution in [-0.2, 0) is 0 Å². The van der Waals surface area contributed by atoms with Crippen LogP contribution < -0.4 is 16.0 Å². The number of aromatic amines is 1. The summed E-state index contributed by atoms with van der Waals surface area (Å²) in [5.74, 6) is -2.84. The molecule has 0 amide bonds. The first-order chi connectivity index (χ1) is 15.5. The van der Waals surface area contributed by atoms with Crippen LogP contribution in [0.3, 0.4) is 0 Å². The van der Waals surface area contributed by atoms with Crippen LogP contribution in [0.2, 0.25) is 0 Å². The lowest BCUT2D eigenvalue weighted by Crippen LogP contribution is -2.30. The normalized spacial score (nSPS) is 26.4. The lowest BCUT2D eigenvalue weighted by molar-refractivity contribution is 0.264. The lowest BCUT2D eigenvalue weighted by Gasteiger charge is -2.16. The minimum Gasteiger partial charge on any atom is -0.504 e. The Morgan fingerprint density at radius 2 is 1.56 bits per heavy atom. The molecular weight excluding hydrogens is 448 g/mol. The molecule has 10 heteroatoms. The van der Waals surface area contributed by atoms with Gasteiger partial charge in [0.1, 0.15) is 0 Å². The Morgan fingerprint density at radius 3 is 2.44 bits per heavy atom. The molecule has 1 aromatic rings. The van der Waals surface area contributed by atoms with Gasteiger partial charge in [-0.25, -0.2) is 9.98 Å². The van der Waals surface area contributed by atoms with Crippen LogP contribution in [0.25, 0.3) is 12.2 Å². The topological polar surface area (TPSA) is 133 Å². The molecule has 0 spiro atoms. The van der Waals surface area contributed by atoms with E-state index in [4.69, 9.17) is 0 Å². The van der Waals surface area contributed by atoms with Gasteiger partial charge in [-0.05, 0) is 48.6 Å². The van der Waals surface area contributed by atoms with Crippen LogP contribution in [-0.4, -0.2) is 47.6 Å². The number of fused-ring (bicyclic) bond motifs is 6. The number of rotatable bonds is 0. The molecule has 0 radical (unpaired) electrons. The maximum Gasteiger partial charge on any atom is 0.205 e. The number of allylic oxidation sites excluding steroid dienone is 5. The van der Waals surface area contributed by atoms with Crippen molar-refractivity contribution in [3.63, 3.8) is 0 Å². The zero-order valence-corrected chi connectivity index (χ0v) is 17.9. The highest BCUT2D eigenvalue weighted by atomic mass is 33.1. The first kappa shape index (κ1) is 19.4. The summed E-state index contributed by atoms with van der Waals surface area (Å²) in [5.41, 5.74) is 2.26. The summed E-state index contributed by atoms with van der Waals surface area (Å²) in [5, 5.41) is 47.7. The molecule has 0 saturated carbocycles. The fourth-order valence-corrected chi connectivity index (χ4v) is 6.66. The van der Waals surface area contributed by atoms with Crippen molar-refractivity contribution in [2.75, 3.05) is 0 Å². The molecular formula is C22H16N4O4S2. The van der Waals surface area contributed by atoms with Crippen LogP contribution >= 0.6 is 21.6 Å². The fourth-order valence-electron chi connectivity index (χ4n) is 3.93. The van der Waals surface area contributed by atoms with Gasteiger partial charge in [0.25, 0.3) is 0 Å². The van der Waals surface area contributed by atoms with Crippen LogP contribution in [0.15, 0.2) is 92.0 Å². The Kier molecular flexibility index (Phi) is 4.29. The second-order valence-electron chi connectivity index (χ2n) is 7.49. The molecule has 1 fully saturated rings. The van der Waals surface area contributed by atoms with Crippen molar-refractivity contribution in [3.8, 4) is 0 Å². The van der Waals surface area contributed by atoms with Crippen molar-refractivity contribution < 1.29 is 20.4 Å². The quantitative estimate of drug-likeness (QED) is 0.325. The fraction of sp³-hybridized carbons (Fsp3) is 0.0909. The Hall–Kier alpha value is -3.34. The summed E-state index contributed by atoms with van der Waals surface area (Å²) < 4.78 is 0. The molecule has 160 valence electrons. The molecule has 6 N–H and O–H groups in total. The van der Waals surface area contributed by atoms with Crippen molar-refractivity contribution in [2.45, 2.75) is 10.7 Å². The molecule has 0 aromatic carbocycles. The lowest BCUT2D eigenvalue weighted by atomic mass is 10.0.